The number of oxazole rings is 1. The van der Waals surface area contributed by atoms with Gasteiger partial charge in [-0.3, -0.25) is 9.48 Å². The fourth-order valence-corrected chi connectivity index (χ4v) is 2.66. The molecule has 10 heteroatoms. The minimum Gasteiger partial charge on any atom is -0.492 e. The number of halogens is 2. The molecule has 3 aromatic rings. The quantitative estimate of drug-likeness (QED) is 0.635. The second-order valence-electron chi connectivity index (χ2n) is 5.27. The number of carbonyl (C=O) groups is 1. The van der Waals surface area contributed by atoms with Gasteiger partial charge in [0, 0.05) is 18.7 Å². The molecule has 1 amide bonds. The summed E-state index contributed by atoms with van der Waals surface area (Å²) in [5.41, 5.74) is 0.338. The van der Waals surface area contributed by atoms with Crippen LogP contribution < -0.4 is 10.1 Å². The fraction of sp³-hybridized carbons (Fsp3) is 0.250. The standard InChI is InChI=1S/C16H15ClFN5O3/c1-25-15-11(17)5-10(6-12(15)18)14-13(21-9-26-14)16(24)20-3-2-4-23-8-19-7-22-23/h5-9H,2-4H2,1H3,(H,20,24)/i18-1. The van der Waals surface area contributed by atoms with Crippen molar-refractivity contribution in [1.82, 2.24) is 25.1 Å². The number of nitrogens with one attached hydrogen (secondary N) is 1. The third-order valence-corrected chi connectivity index (χ3v) is 3.84. The number of nitrogens with zero attached hydrogens (tertiary/aromatic N) is 4. The Kier molecular flexibility index (Phi) is 5.47. The Balaban J connectivity index is 1.69. The zero-order valence-corrected chi connectivity index (χ0v) is 14.5. The molecule has 0 saturated heterocycles. The highest BCUT2D eigenvalue weighted by molar-refractivity contribution is 6.32. The van der Waals surface area contributed by atoms with Crippen LogP contribution in [0.5, 0.6) is 5.75 Å². The zero-order valence-electron chi connectivity index (χ0n) is 13.8. The molecule has 0 aliphatic carbocycles. The van der Waals surface area contributed by atoms with Gasteiger partial charge in [0.2, 0.25) is 0 Å². The molecule has 26 heavy (non-hydrogen) atoms. The summed E-state index contributed by atoms with van der Waals surface area (Å²) in [6.07, 6.45) is 4.82. The number of carbonyl (C=O) groups excluding carboxylic acids is 1. The van der Waals surface area contributed by atoms with E-state index in [9.17, 15) is 9.18 Å². The van der Waals surface area contributed by atoms with Crippen molar-refractivity contribution in [2.24, 2.45) is 0 Å². The molecule has 0 spiro atoms. The highest BCUT2D eigenvalue weighted by Gasteiger charge is 2.20. The lowest BCUT2D eigenvalue weighted by molar-refractivity contribution is 0.0948. The molecular formula is C16H15ClFN5O3. The molecule has 136 valence electrons. The van der Waals surface area contributed by atoms with Gasteiger partial charge < -0.3 is 14.5 Å². The van der Waals surface area contributed by atoms with Crippen LogP contribution in [-0.2, 0) is 6.54 Å². The molecule has 8 nitrogen and oxygen atoms in total. The van der Waals surface area contributed by atoms with Crippen LogP contribution in [-0.4, -0.2) is 39.3 Å². The van der Waals surface area contributed by atoms with Crippen molar-refractivity contribution in [2.75, 3.05) is 13.7 Å². The van der Waals surface area contributed by atoms with Crippen LogP contribution in [0, 0.1) is 5.82 Å². The minimum atomic E-state index is -0.661. The number of aryl methyl sites for hydroxylation is 1. The second kappa shape index (κ2) is 7.96. The molecule has 1 aromatic carbocycles. The lowest BCUT2D eigenvalue weighted by Gasteiger charge is -2.08. The molecule has 0 radical (unpaired) electrons. The van der Waals surface area contributed by atoms with E-state index in [1.165, 1.54) is 25.6 Å². The number of hydrogen-bond donors (Lipinski definition) is 1. The monoisotopic (exact) mass is 378 g/mol. The molecule has 2 aromatic heterocycles. The van der Waals surface area contributed by atoms with Crippen LogP contribution in [0.25, 0.3) is 11.3 Å². The van der Waals surface area contributed by atoms with E-state index in [2.05, 4.69) is 20.4 Å². The number of amides is 1. The first-order valence-electron chi connectivity index (χ1n) is 7.67. The summed E-state index contributed by atoms with van der Waals surface area (Å²) in [5, 5.41) is 6.78. The van der Waals surface area contributed by atoms with Gasteiger partial charge in [-0.1, -0.05) is 11.6 Å². The van der Waals surface area contributed by atoms with E-state index in [-0.39, 0.29) is 22.2 Å². The molecule has 0 fully saturated rings. The van der Waals surface area contributed by atoms with Crippen molar-refractivity contribution in [3.05, 3.63) is 47.7 Å². The topological polar surface area (TPSA) is 95.1 Å². The zero-order chi connectivity index (χ0) is 18.5. The molecule has 0 atom stereocenters. The lowest BCUT2D eigenvalue weighted by Crippen LogP contribution is -2.26. The first-order chi connectivity index (χ1) is 12.6. The third-order valence-electron chi connectivity index (χ3n) is 3.56. The summed E-state index contributed by atoms with van der Waals surface area (Å²) < 4.78 is 25.8. The van der Waals surface area contributed by atoms with Gasteiger partial charge in [0.25, 0.3) is 5.91 Å². The van der Waals surface area contributed by atoms with E-state index in [4.69, 9.17) is 20.8 Å². The van der Waals surface area contributed by atoms with Crippen molar-refractivity contribution >= 4 is 17.5 Å². The van der Waals surface area contributed by atoms with Crippen molar-refractivity contribution in [2.45, 2.75) is 13.0 Å². The molecule has 0 saturated carbocycles. The average Bonchev–Trinajstić information content (AvgIpc) is 3.29. The summed E-state index contributed by atoms with van der Waals surface area (Å²) in [5.74, 6) is -1.04. The lowest BCUT2D eigenvalue weighted by atomic mass is 10.1. The number of benzene rings is 1. The maximum Gasteiger partial charge on any atom is 0.273 e. The Morgan fingerprint density at radius 2 is 2.31 bits per heavy atom. The Hall–Kier alpha value is -2.94. The van der Waals surface area contributed by atoms with Crippen molar-refractivity contribution < 1.29 is 18.3 Å². The Morgan fingerprint density at radius 1 is 1.46 bits per heavy atom. The highest BCUT2D eigenvalue weighted by atomic mass is 35.5. The summed E-state index contributed by atoms with van der Waals surface area (Å²) in [7, 11) is 1.32. The molecule has 0 bridgehead atoms. The maximum absolute atomic E-state index is 14.0. The molecule has 0 aliphatic heterocycles. The second-order valence-corrected chi connectivity index (χ2v) is 5.68. The van der Waals surface area contributed by atoms with Crippen LogP contribution in [0.15, 0.2) is 35.6 Å². The van der Waals surface area contributed by atoms with Gasteiger partial charge in [-0.15, -0.1) is 0 Å². The minimum absolute atomic E-state index is 0.0476. The van der Waals surface area contributed by atoms with Crippen LogP contribution in [0.1, 0.15) is 16.9 Å². The SMILES string of the molecule is COc1c([18F])cc(-c2ocnc2C(=O)NCCCn2cncn2)cc1Cl. The van der Waals surface area contributed by atoms with Gasteiger partial charge in [0.15, 0.2) is 29.4 Å². The number of aromatic nitrogens is 4. The smallest absolute Gasteiger partial charge is 0.273 e. The van der Waals surface area contributed by atoms with Crippen LogP contribution in [0.3, 0.4) is 0 Å². The Labute approximate surface area is 153 Å². The molecule has 0 aliphatic rings. The normalized spacial score (nSPS) is 10.7. The van der Waals surface area contributed by atoms with Gasteiger partial charge in [-0.25, -0.2) is 14.4 Å². The average molecular weight is 379 g/mol. The summed E-state index contributed by atoms with van der Waals surface area (Å²) in [6, 6.07) is 2.62. The van der Waals surface area contributed by atoms with E-state index >= 15 is 0 Å². The predicted molar refractivity (Wildman–Crippen MR) is 90.4 cm³/mol. The van der Waals surface area contributed by atoms with E-state index in [1.54, 1.807) is 11.0 Å². The van der Waals surface area contributed by atoms with Gasteiger partial charge >= 0.3 is 0 Å². The summed E-state index contributed by atoms with van der Waals surface area (Å²) in [4.78, 5) is 20.1. The van der Waals surface area contributed by atoms with Gasteiger partial charge in [0.1, 0.15) is 12.7 Å². The van der Waals surface area contributed by atoms with Crippen molar-refractivity contribution in [1.29, 1.82) is 0 Å². The van der Waals surface area contributed by atoms with Crippen molar-refractivity contribution in [3.63, 3.8) is 0 Å². The van der Waals surface area contributed by atoms with Crippen molar-refractivity contribution in [3.8, 4) is 17.1 Å². The van der Waals surface area contributed by atoms with E-state index in [1.807, 2.05) is 0 Å². The van der Waals surface area contributed by atoms with Gasteiger partial charge in [-0.2, -0.15) is 5.10 Å². The highest BCUT2D eigenvalue weighted by Crippen LogP contribution is 2.34. The number of rotatable bonds is 7. The fourth-order valence-electron chi connectivity index (χ4n) is 2.37. The van der Waals surface area contributed by atoms with Crippen LogP contribution in [0.2, 0.25) is 5.02 Å². The summed E-state index contributed by atoms with van der Waals surface area (Å²) >= 11 is 5.99. The molecule has 3 rings (SSSR count). The largest absolute Gasteiger partial charge is 0.492 e. The number of methoxy groups -OCH3 is 1. The van der Waals surface area contributed by atoms with E-state index in [0.29, 0.717) is 25.1 Å². The predicted octanol–water partition coefficient (Wildman–Crippen LogP) is 2.55. The first kappa shape index (κ1) is 17.9. The van der Waals surface area contributed by atoms with E-state index in [0.717, 1.165) is 6.39 Å². The first-order valence-corrected chi connectivity index (χ1v) is 8.05. The molecule has 2 heterocycles. The van der Waals surface area contributed by atoms with Gasteiger partial charge in [0.05, 0.1) is 12.1 Å². The maximum atomic E-state index is 14.0. The van der Waals surface area contributed by atoms with Crippen LogP contribution >= 0.6 is 11.6 Å². The Bertz CT molecular complexity index is 874. The molecule has 0 unspecified atom stereocenters. The third kappa shape index (κ3) is 3.83. The Morgan fingerprint density at radius 3 is 3.00 bits per heavy atom. The summed E-state index contributed by atoms with van der Waals surface area (Å²) in [6.45, 7) is 1.02. The number of hydrogen-bond acceptors (Lipinski definition) is 6. The molecular weight excluding hydrogens is 364 g/mol. The number of ether oxygens (including phenoxy) is 1. The van der Waals surface area contributed by atoms with Gasteiger partial charge in [-0.05, 0) is 18.6 Å². The van der Waals surface area contributed by atoms with E-state index < -0.39 is 11.7 Å². The van der Waals surface area contributed by atoms with Crippen LogP contribution in [0.4, 0.5) is 4.39 Å². The molecule has 1 N–H and O–H groups in total.